The average molecular weight is 278 g/mol. The van der Waals surface area contributed by atoms with E-state index < -0.39 is 4.92 Å². The monoisotopic (exact) mass is 278 g/mol. The van der Waals surface area contributed by atoms with E-state index >= 15 is 0 Å². The zero-order valence-electron chi connectivity index (χ0n) is 10.4. The van der Waals surface area contributed by atoms with Crippen molar-refractivity contribution >= 4 is 22.7 Å². The van der Waals surface area contributed by atoms with Crippen LogP contribution in [0.15, 0.2) is 35.7 Å². The van der Waals surface area contributed by atoms with Crippen molar-refractivity contribution in [3.63, 3.8) is 0 Å². The highest BCUT2D eigenvalue weighted by Crippen LogP contribution is 2.26. The summed E-state index contributed by atoms with van der Waals surface area (Å²) in [4.78, 5) is 13.4. The van der Waals surface area contributed by atoms with Gasteiger partial charge in [-0.3, -0.25) is 10.1 Å². The van der Waals surface area contributed by atoms with E-state index in [1.54, 1.807) is 17.4 Å². The molecule has 2 aromatic rings. The molecular formula is C13H14N2O3S. The number of aliphatic hydroxyl groups excluding tert-OH is 1. The third-order valence-corrected chi connectivity index (χ3v) is 3.69. The lowest BCUT2D eigenvalue weighted by atomic mass is 10.1. The molecule has 6 heteroatoms. The third kappa shape index (κ3) is 3.10. The van der Waals surface area contributed by atoms with Crippen LogP contribution < -0.4 is 4.90 Å². The molecule has 0 unspecified atom stereocenters. The molecule has 0 aliphatic heterocycles. The van der Waals surface area contributed by atoms with Gasteiger partial charge in [-0.2, -0.15) is 0 Å². The van der Waals surface area contributed by atoms with Gasteiger partial charge in [-0.15, -0.1) is 11.3 Å². The Morgan fingerprint density at radius 3 is 2.79 bits per heavy atom. The minimum absolute atomic E-state index is 0.00248. The standard InChI is InChI=1S/C13H14N2O3S/c1-14(8-12-3-2-6-19-12)13-5-4-11(15(17)18)7-10(13)9-16/h2-7,16H,8-9H2,1H3. The highest BCUT2D eigenvalue weighted by molar-refractivity contribution is 7.09. The summed E-state index contributed by atoms with van der Waals surface area (Å²) in [6.45, 7) is 0.494. The number of non-ortho nitro benzene ring substituents is 1. The van der Waals surface area contributed by atoms with E-state index in [2.05, 4.69) is 0 Å². The van der Waals surface area contributed by atoms with Crippen LogP contribution in [0, 0.1) is 10.1 Å². The van der Waals surface area contributed by atoms with Crippen molar-refractivity contribution in [2.45, 2.75) is 13.2 Å². The van der Waals surface area contributed by atoms with Gasteiger partial charge in [-0.05, 0) is 17.5 Å². The molecule has 0 aliphatic rings. The van der Waals surface area contributed by atoms with E-state index in [-0.39, 0.29) is 12.3 Å². The number of nitro benzene ring substituents is 1. The molecule has 1 aromatic heterocycles. The first-order valence-corrected chi connectivity index (χ1v) is 6.61. The van der Waals surface area contributed by atoms with E-state index in [0.29, 0.717) is 12.1 Å². The van der Waals surface area contributed by atoms with Gasteiger partial charge in [-0.1, -0.05) is 6.07 Å². The summed E-state index contributed by atoms with van der Waals surface area (Å²) in [5.74, 6) is 0. The Labute approximate surface area is 114 Å². The molecule has 100 valence electrons. The van der Waals surface area contributed by atoms with Crippen LogP contribution in [-0.4, -0.2) is 17.1 Å². The van der Waals surface area contributed by atoms with Crippen molar-refractivity contribution < 1.29 is 10.0 Å². The van der Waals surface area contributed by atoms with Crippen LogP contribution in [0.1, 0.15) is 10.4 Å². The molecule has 0 bridgehead atoms. The van der Waals surface area contributed by atoms with Crippen molar-refractivity contribution in [2.24, 2.45) is 0 Å². The average Bonchev–Trinajstić information content (AvgIpc) is 2.90. The normalized spacial score (nSPS) is 10.4. The zero-order chi connectivity index (χ0) is 13.8. The maximum atomic E-state index is 10.7. The highest BCUT2D eigenvalue weighted by Gasteiger charge is 2.13. The predicted molar refractivity (Wildman–Crippen MR) is 75.4 cm³/mol. The van der Waals surface area contributed by atoms with Crippen LogP contribution in [0.3, 0.4) is 0 Å². The number of hydrogen-bond donors (Lipinski definition) is 1. The quantitative estimate of drug-likeness (QED) is 0.674. The summed E-state index contributed by atoms with van der Waals surface area (Å²) in [6, 6.07) is 8.57. The lowest BCUT2D eigenvalue weighted by Gasteiger charge is -2.21. The SMILES string of the molecule is CN(Cc1cccs1)c1ccc([N+](=O)[O-])cc1CO. The fourth-order valence-electron chi connectivity index (χ4n) is 1.91. The molecule has 1 heterocycles. The summed E-state index contributed by atoms with van der Waals surface area (Å²) in [5, 5.41) is 22.1. The van der Waals surface area contributed by atoms with Crippen molar-refractivity contribution in [3.05, 3.63) is 56.3 Å². The molecule has 0 aliphatic carbocycles. The highest BCUT2D eigenvalue weighted by atomic mass is 32.1. The number of aliphatic hydroxyl groups is 1. The molecule has 2 rings (SSSR count). The van der Waals surface area contributed by atoms with Crippen LogP contribution in [0.5, 0.6) is 0 Å². The van der Waals surface area contributed by atoms with Crippen LogP contribution in [0.2, 0.25) is 0 Å². The van der Waals surface area contributed by atoms with Gasteiger partial charge in [0.25, 0.3) is 5.69 Å². The number of benzene rings is 1. The lowest BCUT2D eigenvalue weighted by molar-refractivity contribution is -0.384. The number of thiophene rings is 1. The summed E-state index contributed by atoms with van der Waals surface area (Å²) >= 11 is 1.66. The molecule has 0 saturated heterocycles. The minimum atomic E-state index is -0.456. The molecule has 0 atom stereocenters. The number of rotatable bonds is 5. The van der Waals surface area contributed by atoms with Gasteiger partial charge >= 0.3 is 0 Å². The first-order valence-electron chi connectivity index (χ1n) is 5.73. The Balaban J connectivity index is 2.25. The molecule has 0 amide bonds. The molecule has 0 fully saturated rings. The Kier molecular flexibility index (Phi) is 4.13. The van der Waals surface area contributed by atoms with E-state index in [9.17, 15) is 15.2 Å². The zero-order valence-corrected chi connectivity index (χ0v) is 11.3. The number of nitrogens with zero attached hydrogens (tertiary/aromatic N) is 2. The van der Waals surface area contributed by atoms with E-state index in [0.717, 1.165) is 5.69 Å². The van der Waals surface area contributed by atoms with Crippen molar-refractivity contribution in [1.82, 2.24) is 0 Å². The summed E-state index contributed by atoms with van der Waals surface area (Å²) in [7, 11) is 1.90. The maximum Gasteiger partial charge on any atom is 0.269 e. The molecule has 0 saturated carbocycles. The molecule has 1 aromatic carbocycles. The third-order valence-electron chi connectivity index (χ3n) is 2.83. The summed E-state index contributed by atoms with van der Waals surface area (Å²) in [6.07, 6.45) is 0. The summed E-state index contributed by atoms with van der Waals surface area (Å²) in [5.41, 5.74) is 1.37. The molecule has 1 N–H and O–H groups in total. The van der Waals surface area contributed by atoms with Crippen molar-refractivity contribution in [2.75, 3.05) is 11.9 Å². The van der Waals surface area contributed by atoms with E-state index in [1.807, 2.05) is 29.5 Å². The van der Waals surface area contributed by atoms with Crippen LogP contribution in [0.4, 0.5) is 11.4 Å². The first kappa shape index (κ1) is 13.5. The van der Waals surface area contributed by atoms with Gasteiger partial charge in [-0.25, -0.2) is 0 Å². The predicted octanol–water partition coefficient (Wildman–Crippen LogP) is 2.79. The second-order valence-electron chi connectivity index (χ2n) is 4.16. The van der Waals surface area contributed by atoms with Crippen LogP contribution >= 0.6 is 11.3 Å². The fourth-order valence-corrected chi connectivity index (χ4v) is 2.66. The largest absolute Gasteiger partial charge is 0.392 e. The number of nitro groups is 1. The first-order chi connectivity index (χ1) is 9.11. The fraction of sp³-hybridized carbons (Fsp3) is 0.231. The van der Waals surface area contributed by atoms with Gasteiger partial charge in [0, 0.05) is 35.3 Å². The Hall–Kier alpha value is -1.92. The molecule has 0 radical (unpaired) electrons. The molecule has 5 nitrogen and oxygen atoms in total. The second kappa shape index (κ2) is 5.81. The number of hydrogen-bond acceptors (Lipinski definition) is 5. The minimum Gasteiger partial charge on any atom is -0.392 e. The van der Waals surface area contributed by atoms with Gasteiger partial charge in [0.2, 0.25) is 0 Å². The van der Waals surface area contributed by atoms with Crippen molar-refractivity contribution in [3.8, 4) is 0 Å². The van der Waals surface area contributed by atoms with Gasteiger partial charge in [0.05, 0.1) is 18.1 Å². The molecular weight excluding hydrogens is 264 g/mol. The Bertz CT molecular complexity index is 569. The lowest BCUT2D eigenvalue weighted by Crippen LogP contribution is -2.17. The van der Waals surface area contributed by atoms with Crippen LogP contribution in [0.25, 0.3) is 0 Å². The molecule has 19 heavy (non-hydrogen) atoms. The molecule has 0 spiro atoms. The number of anilines is 1. The topological polar surface area (TPSA) is 66.6 Å². The van der Waals surface area contributed by atoms with E-state index in [4.69, 9.17) is 0 Å². The second-order valence-corrected chi connectivity index (χ2v) is 5.20. The van der Waals surface area contributed by atoms with E-state index in [1.165, 1.54) is 17.0 Å². The smallest absolute Gasteiger partial charge is 0.269 e. The van der Waals surface area contributed by atoms with Gasteiger partial charge in [0.1, 0.15) is 0 Å². The Morgan fingerprint density at radius 1 is 1.42 bits per heavy atom. The Morgan fingerprint density at radius 2 is 2.21 bits per heavy atom. The van der Waals surface area contributed by atoms with Crippen LogP contribution in [-0.2, 0) is 13.2 Å². The van der Waals surface area contributed by atoms with Gasteiger partial charge < -0.3 is 10.0 Å². The van der Waals surface area contributed by atoms with Crippen molar-refractivity contribution in [1.29, 1.82) is 0 Å². The summed E-state index contributed by atoms with van der Waals surface area (Å²) < 4.78 is 0. The maximum absolute atomic E-state index is 10.7. The van der Waals surface area contributed by atoms with Gasteiger partial charge in [0.15, 0.2) is 0 Å².